The standard InChI is InChI=1S/C23H35NO3S/c1-14-8-18-10-16(22(14)27)9-15(2)23(18,11-21(26)24-12-19(25)13-24)17-4-6-20(28-3)7-5-17/h4,6,14-16,18-19,22,25,27H,5,7-13H2,1-3H3. The minimum atomic E-state index is -0.348. The molecule has 3 aliphatic carbocycles. The third-order valence-electron chi connectivity index (χ3n) is 8.20. The molecule has 4 nitrogen and oxygen atoms in total. The number of allylic oxidation sites excluding steroid dienone is 4. The van der Waals surface area contributed by atoms with E-state index in [2.05, 4.69) is 32.3 Å². The molecule has 6 unspecified atom stereocenters. The van der Waals surface area contributed by atoms with Crippen LogP contribution in [-0.4, -0.2) is 52.6 Å². The molecule has 0 aromatic rings. The van der Waals surface area contributed by atoms with E-state index in [1.165, 1.54) is 10.5 Å². The Labute approximate surface area is 173 Å². The van der Waals surface area contributed by atoms with Gasteiger partial charge in [-0.3, -0.25) is 4.79 Å². The van der Waals surface area contributed by atoms with Gasteiger partial charge in [-0.15, -0.1) is 11.8 Å². The van der Waals surface area contributed by atoms with E-state index in [1.54, 1.807) is 0 Å². The number of amides is 1. The Morgan fingerprint density at radius 2 is 1.93 bits per heavy atom. The third-order valence-corrected chi connectivity index (χ3v) is 9.07. The van der Waals surface area contributed by atoms with Crippen molar-refractivity contribution in [2.75, 3.05) is 19.3 Å². The minimum absolute atomic E-state index is 0.0943. The molecule has 1 heterocycles. The highest BCUT2D eigenvalue weighted by molar-refractivity contribution is 8.02. The summed E-state index contributed by atoms with van der Waals surface area (Å²) in [5, 5.41) is 20.3. The predicted molar refractivity (Wildman–Crippen MR) is 114 cm³/mol. The van der Waals surface area contributed by atoms with E-state index in [9.17, 15) is 15.0 Å². The summed E-state index contributed by atoms with van der Waals surface area (Å²) in [6.45, 7) is 5.47. The number of likely N-dealkylation sites (tertiary alicyclic amines) is 1. The number of hydrogen-bond donors (Lipinski definition) is 2. The summed E-state index contributed by atoms with van der Waals surface area (Å²) in [7, 11) is 0. The average Bonchev–Trinajstić information content (AvgIpc) is 2.66. The molecule has 2 bridgehead atoms. The van der Waals surface area contributed by atoms with Crippen molar-refractivity contribution in [3.8, 4) is 0 Å². The molecule has 6 atom stereocenters. The molecule has 1 amide bonds. The highest BCUT2D eigenvalue weighted by Gasteiger charge is 2.55. The van der Waals surface area contributed by atoms with Crippen LogP contribution in [0.4, 0.5) is 0 Å². The van der Waals surface area contributed by atoms with Crippen molar-refractivity contribution in [1.29, 1.82) is 0 Å². The van der Waals surface area contributed by atoms with Crippen LogP contribution >= 0.6 is 11.8 Å². The molecule has 5 heteroatoms. The van der Waals surface area contributed by atoms with Gasteiger partial charge in [0.25, 0.3) is 0 Å². The fraction of sp³-hybridized carbons (Fsp3) is 0.783. The van der Waals surface area contributed by atoms with Crippen molar-refractivity contribution >= 4 is 17.7 Å². The van der Waals surface area contributed by atoms with E-state index < -0.39 is 0 Å². The van der Waals surface area contributed by atoms with E-state index in [1.807, 2.05) is 16.7 Å². The largest absolute Gasteiger partial charge is 0.393 e. The molecular weight excluding hydrogens is 370 g/mol. The van der Waals surface area contributed by atoms with Crippen LogP contribution in [0.25, 0.3) is 0 Å². The minimum Gasteiger partial charge on any atom is -0.393 e. The maximum atomic E-state index is 13.2. The second kappa shape index (κ2) is 7.81. The van der Waals surface area contributed by atoms with Gasteiger partial charge in [0.1, 0.15) is 0 Å². The van der Waals surface area contributed by atoms with Crippen molar-refractivity contribution in [2.45, 2.75) is 64.6 Å². The number of nitrogens with zero attached hydrogens (tertiary/aromatic N) is 1. The average molecular weight is 406 g/mol. The predicted octanol–water partition coefficient (Wildman–Crippen LogP) is 3.60. The molecule has 2 saturated carbocycles. The summed E-state index contributed by atoms with van der Waals surface area (Å²) in [6, 6.07) is 0. The number of aliphatic hydroxyl groups is 2. The Bertz CT molecular complexity index is 679. The summed E-state index contributed by atoms with van der Waals surface area (Å²) in [6.07, 6.45) is 11.9. The van der Waals surface area contributed by atoms with E-state index in [0.717, 1.165) is 32.1 Å². The van der Waals surface area contributed by atoms with Gasteiger partial charge in [0.15, 0.2) is 0 Å². The van der Waals surface area contributed by atoms with Gasteiger partial charge in [-0.25, -0.2) is 0 Å². The van der Waals surface area contributed by atoms with Crippen molar-refractivity contribution in [2.24, 2.45) is 29.1 Å². The number of hydrogen-bond acceptors (Lipinski definition) is 4. The monoisotopic (exact) mass is 405 g/mol. The molecule has 28 heavy (non-hydrogen) atoms. The molecule has 0 aromatic heterocycles. The Hall–Kier alpha value is -0.780. The normalized spacial score (nSPS) is 41.2. The summed E-state index contributed by atoms with van der Waals surface area (Å²) in [5.41, 5.74) is 1.36. The molecule has 156 valence electrons. The van der Waals surface area contributed by atoms with Crippen LogP contribution in [0.15, 0.2) is 22.6 Å². The van der Waals surface area contributed by atoms with Gasteiger partial charge >= 0.3 is 0 Å². The van der Waals surface area contributed by atoms with Gasteiger partial charge in [0, 0.05) is 24.9 Å². The van der Waals surface area contributed by atoms with Gasteiger partial charge in [0.2, 0.25) is 5.91 Å². The Morgan fingerprint density at radius 3 is 2.54 bits per heavy atom. The number of rotatable bonds is 4. The smallest absolute Gasteiger partial charge is 0.223 e. The van der Waals surface area contributed by atoms with Crippen molar-refractivity contribution in [1.82, 2.24) is 4.90 Å². The van der Waals surface area contributed by atoms with Crippen molar-refractivity contribution < 1.29 is 15.0 Å². The quantitative estimate of drug-likeness (QED) is 0.750. The lowest BCUT2D eigenvalue weighted by Gasteiger charge is -2.58. The van der Waals surface area contributed by atoms with Crippen LogP contribution in [0.5, 0.6) is 0 Å². The first-order valence-electron chi connectivity index (χ1n) is 10.9. The molecule has 1 aliphatic heterocycles. The number of aliphatic hydroxyl groups excluding tert-OH is 2. The fourth-order valence-electron chi connectivity index (χ4n) is 6.58. The highest BCUT2D eigenvalue weighted by atomic mass is 32.2. The van der Waals surface area contributed by atoms with Gasteiger partial charge in [-0.05, 0) is 66.9 Å². The number of thioether (sulfide) groups is 1. The summed E-state index contributed by atoms with van der Waals surface area (Å²) >= 11 is 1.83. The molecular formula is C23H35NO3S. The summed E-state index contributed by atoms with van der Waals surface area (Å²) < 4.78 is 0. The molecule has 0 aromatic carbocycles. The molecule has 1 saturated heterocycles. The molecule has 0 spiro atoms. The number of carbonyl (C=O) groups excluding carboxylic acids is 1. The summed E-state index contributed by atoms with van der Waals surface area (Å²) in [4.78, 5) is 16.4. The van der Waals surface area contributed by atoms with E-state index in [-0.39, 0.29) is 23.5 Å². The van der Waals surface area contributed by atoms with Crippen molar-refractivity contribution in [3.05, 3.63) is 22.6 Å². The zero-order valence-corrected chi connectivity index (χ0v) is 18.3. The van der Waals surface area contributed by atoms with Gasteiger partial charge in [-0.1, -0.05) is 31.6 Å². The molecule has 4 rings (SSSR count). The topological polar surface area (TPSA) is 60.8 Å². The first-order chi connectivity index (χ1) is 13.3. The number of β-amino-alcohol motifs (C(OH)–C–C–N with tert-alkyl or cyclic N) is 1. The SMILES string of the molecule is CSC1=CC=C(C2(CC(=O)N3CC(O)C3)C(C)CC3CC2CC(C)C3O)CC1. The third kappa shape index (κ3) is 3.37. The summed E-state index contributed by atoms with van der Waals surface area (Å²) in [5.74, 6) is 1.74. The van der Waals surface area contributed by atoms with Crippen LogP contribution < -0.4 is 0 Å². The lowest BCUT2D eigenvalue weighted by atomic mass is 9.48. The molecule has 0 radical (unpaired) electrons. The second-order valence-electron chi connectivity index (χ2n) is 9.73. The Kier molecular flexibility index (Phi) is 5.71. The van der Waals surface area contributed by atoms with Crippen LogP contribution in [0.2, 0.25) is 0 Å². The Balaban J connectivity index is 1.68. The van der Waals surface area contributed by atoms with Gasteiger partial charge < -0.3 is 15.1 Å². The molecule has 3 fully saturated rings. The van der Waals surface area contributed by atoms with Gasteiger partial charge in [-0.2, -0.15) is 0 Å². The highest BCUT2D eigenvalue weighted by Crippen LogP contribution is 2.61. The fourth-order valence-corrected chi connectivity index (χ4v) is 7.10. The van der Waals surface area contributed by atoms with Gasteiger partial charge in [0.05, 0.1) is 12.2 Å². The van der Waals surface area contributed by atoms with Crippen LogP contribution in [0, 0.1) is 29.1 Å². The Morgan fingerprint density at radius 1 is 1.18 bits per heavy atom. The van der Waals surface area contributed by atoms with Crippen LogP contribution in [-0.2, 0) is 4.79 Å². The lowest BCUT2D eigenvalue weighted by Crippen LogP contribution is -2.57. The molecule has 2 N–H and O–H groups in total. The maximum absolute atomic E-state index is 13.2. The van der Waals surface area contributed by atoms with E-state index in [4.69, 9.17) is 0 Å². The number of fused-ring (bicyclic) bond motifs is 2. The first kappa shape index (κ1) is 20.5. The first-order valence-corrected chi connectivity index (χ1v) is 12.2. The zero-order valence-electron chi connectivity index (χ0n) is 17.4. The molecule has 4 aliphatic rings. The van der Waals surface area contributed by atoms with Crippen LogP contribution in [0.3, 0.4) is 0 Å². The lowest BCUT2D eigenvalue weighted by molar-refractivity contribution is -0.150. The van der Waals surface area contributed by atoms with E-state index in [0.29, 0.717) is 43.2 Å². The van der Waals surface area contributed by atoms with Crippen molar-refractivity contribution in [3.63, 3.8) is 0 Å². The zero-order chi connectivity index (χ0) is 20.1. The second-order valence-corrected chi connectivity index (χ2v) is 10.7. The van der Waals surface area contributed by atoms with E-state index >= 15 is 0 Å². The van der Waals surface area contributed by atoms with Crippen LogP contribution in [0.1, 0.15) is 52.4 Å². The maximum Gasteiger partial charge on any atom is 0.223 e. The number of carbonyl (C=O) groups is 1.